The molecule has 80 valence electrons. The molecule has 0 radical (unpaired) electrons. The fraction of sp³-hybridized carbons (Fsp3) is 0.385. The minimum Gasteiger partial charge on any atom is -0.350 e. The van der Waals surface area contributed by atoms with E-state index in [9.17, 15) is 0 Å². The van der Waals surface area contributed by atoms with Crippen LogP contribution >= 0.6 is 0 Å². The van der Waals surface area contributed by atoms with Gasteiger partial charge in [0.1, 0.15) is 0 Å². The Morgan fingerprint density at radius 2 is 2.00 bits per heavy atom. The first-order chi connectivity index (χ1) is 7.15. The largest absolute Gasteiger partial charge is 0.350 e. The van der Waals surface area contributed by atoms with E-state index >= 15 is 0 Å². The van der Waals surface area contributed by atoms with Crippen molar-refractivity contribution < 1.29 is 0 Å². The zero-order chi connectivity index (χ0) is 11.0. The third-order valence-electron chi connectivity index (χ3n) is 3.16. The summed E-state index contributed by atoms with van der Waals surface area (Å²) in [5, 5.41) is 1.35. The van der Waals surface area contributed by atoms with Gasteiger partial charge in [-0.05, 0) is 43.5 Å². The summed E-state index contributed by atoms with van der Waals surface area (Å²) in [6.45, 7) is 5.06. The van der Waals surface area contributed by atoms with Crippen LogP contribution in [-0.4, -0.2) is 11.1 Å². The molecule has 2 N–H and O–H groups in total. The quantitative estimate of drug-likeness (QED) is 0.796. The smallest absolute Gasteiger partial charge is 0.0512 e. The zero-order valence-corrected chi connectivity index (χ0v) is 9.67. The maximum absolute atomic E-state index is 5.62. The second-order valence-corrected chi connectivity index (χ2v) is 4.21. The lowest BCUT2D eigenvalue weighted by atomic mass is 10.0. The first-order valence-electron chi connectivity index (χ1n) is 5.39. The highest BCUT2D eigenvalue weighted by Gasteiger charge is 2.08. The van der Waals surface area contributed by atoms with Crippen LogP contribution in [0.4, 0.5) is 0 Å². The lowest BCUT2D eigenvalue weighted by molar-refractivity contribution is 0.926. The molecule has 0 aliphatic carbocycles. The molecule has 0 saturated carbocycles. The molecule has 1 aromatic carbocycles. The van der Waals surface area contributed by atoms with Crippen LogP contribution in [0, 0.1) is 13.8 Å². The highest BCUT2D eigenvalue weighted by atomic mass is 14.9. The van der Waals surface area contributed by atoms with Gasteiger partial charge in [0.25, 0.3) is 0 Å². The van der Waals surface area contributed by atoms with Gasteiger partial charge in [-0.25, -0.2) is 0 Å². The molecule has 0 aliphatic rings. The fourth-order valence-electron chi connectivity index (χ4n) is 2.24. The van der Waals surface area contributed by atoms with Gasteiger partial charge in [-0.15, -0.1) is 0 Å². The third-order valence-corrected chi connectivity index (χ3v) is 3.16. The lowest BCUT2D eigenvalue weighted by Crippen LogP contribution is -2.01. The number of aryl methyl sites for hydroxylation is 3. The predicted octanol–water partition coefficient (Wildman–Crippen LogP) is 2.30. The van der Waals surface area contributed by atoms with E-state index in [2.05, 4.69) is 43.8 Å². The Labute approximate surface area is 90.7 Å². The Morgan fingerprint density at radius 3 is 2.67 bits per heavy atom. The van der Waals surface area contributed by atoms with Gasteiger partial charge in [-0.1, -0.05) is 12.1 Å². The van der Waals surface area contributed by atoms with Crippen molar-refractivity contribution >= 4 is 10.9 Å². The Hall–Kier alpha value is -1.28. The van der Waals surface area contributed by atoms with Crippen LogP contribution in [0.3, 0.4) is 0 Å². The molecule has 0 spiro atoms. The molecule has 0 atom stereocenters. The molecule has 2 heteroatoms. The van der Waals surface area contributed by atoms with Gasteiger partial charge >= 0.3 is 0 Å². The summed E-state index contributed by atoms with van der Waals surface area (Å²) < 4.78 is 2.21. The molecule has 0 amide bonds. The number of benzene rings is 1. The van der Waals surface area contributed by atoms with Crippen LogP contribution in [0.5, 0.6) is 0 Å². The normalized spacial score (nSPS) is 11.2. The Bertz CT molecular complexity index is 495. The molecule has 1 heterocycles. The Balaban J connectivity index is 2.74. The van der Waals surface area contributed by atoms with Gasteiger partial charge in [-0.3, -0.25) is 0 Å². The molecule has 2 nitrogen and oxygen atoms in total. The zero-order valence-electron chi connectivity index (χ0n) is 9.67. The van der Waals surface area contributed by atoms with Gasteiger partial charge in [-0.2, -0.15) is 0 Å². The second-order valence-electron chi connectivity index (χ2n) is 4.21. The van der Waals surface area contributed by atoms with Crippen molar-refractivity contribution in [2.75, 3.05) is 6.54 Å². The molecule has 2 rings (SSSR count). The molecule has 0 bridgehead atoms. The number of nitrogens with two attached hydrogens (primary N) is 1. The summed E-state index contributed by atoms with van der Waals surface area (Å²) in [6, 6.07) is 4.40. The molecule has 0 saturated heterocycles. The van der Waals surface area contributed by atoms with E-state index < -0.39 is 0 Å². The minimum atomic E-state index is 0.714. The molecular formula is C13H18N2. The highest BCUT2D eigenvalue weighted by molar-refractivity contribution is 5.87. The number of fused-ring (bicyclic) bond motifs is 1. The van der Waals surface area contributed by atoms with Crippen molar-refractivity contribution in [2.45, 2.75) is 20.3 Å². The summed E-state index contributed by atoms with van der Waals surface area (Å²) >= 11 is 0. The average Bonchev–Trinajstić information content (AvgIpc) is 2.51. The number of hydrogen-bond acceptors (Lipinski definition) is 1. The van der Waals surface area contributed by atoms with E-state index in [-0.39, 0.29) is 0 Å². The minimum absolute atomic E-state index is 0.714. The van der Waals surface area contributed by atoms with Crippen molar-refractivity contribution in [1.82, 2.24) is 4.57 Å². The first-order valence-corrected chi connectivity index (χ1v) is 5.39. The topological polar surface area (TPSA) is 30.9 Å². The van der Waals surface area contributed by atoms with Crippen molar-refractivity contribution in [1.29, 1.82) is 0 Å². The Kier molecular flexibility index (Phi) is 2.53. The lowest BCUT2D eigenvalue weighted by Gasteiger charge is -2.04. The second kappa shape index (κ2) is 3.70. The van der Waals surface area contributed by atoms with Gasteiger partial charge in [0.2, 0.25) is 0 Å². The van der Waals surface area contributed by atoms with Crippen molar-refractivity contribution in [3.8, 4) is 0 Å². The fourth-order valence-corrected chi connectivity index (χ4v) is 2.24. The molecule has 2 aromatic rings. The molecule has 0 unspecified atom stereocenters. The first kappa shape index (κ1) is 10.2. The van der Waals surface area contributed by atoms with E-state index in [4.69, 9.17) is 5.73 Å². The number of nitrogens with zero attached hydrogens (tertiary/aromatic N) is 1. The van der Waals surface area contributed by atoms with Gasteiger partial charge < -0.3 is 10.3 Å². The van der Waals surface area contributed by atoms with E-state index in [1.165, 1.54) is 27.6 Å². The van der Waals surface area contributed by atoms with Gasteiger partial charge in [0.05, 0.1) is 5.52 Å². The average molecular weight is 202 g/mol. The molecule has 0 fully saturated rings. The van der Waals surface area contributed by atoms with E-state index in [1.807, 2.05) is 0 Å². The molecule has 15 heavy (non-hydrogen) atoms. The highest BCUT2D eigenvalue weighted by Crippen LogP contribution is 2.26. The summed E-state index contributed by atoms with van der Waals surface area (Å²) in [6.07, 6.45) is 3.16. The summed E-state index contributed by atoms with van der Waals surface area (Å²) in [5.41, 5.74) is 11.0. The Morgan fingerprint density at radius 1 is 1.27 bits per heavy atom. The van der Waals surface area contributed by atoms with Crippen molar-refractivity contribution in [2.24, 2.45) is 12.8 Å². The molecule has 0 aliphatic heterocycles. The van der Waals surface area contributed by atoms with Crippen molar-refractivity contribution in [3.63, 3.8) is 0 Å². The number of rotatable bonds is 2. The maximum atomic E-state index is 5.62. The van der Waals surface area contributed by atoms with Crippen LogP contribution in [-0.2, 0) is 13.5 Å². The van der Waals surface area contributed by atoms with Crippen LogP contribution in [0.25, 0.3) is 10.9 Å². The predicted molar refractivity (Wildman–Crippen MR) is 65.2 cm³/mol. The van der Waals surface area contributed by atoms with Crippen LogP contribution in [0.15, 0.2) is 18.3 Å². The SMILES string of the molecule is Cc1ccc2c(CCN)cn(C)c2c1C. The van der Waals surface area contributed by atoms with Crippen LogP contribution < -0.4 is 5.73 Å². The van der Waals surface area contributed by atoms with E-state index in [1.54, 1.807) is 0 Å². The standard InChI is InChI=1S/C13H18N2/c1-9-4-5-12-11(6-7-14)8-15(3)13(12)10(9)2/h4-5,8H,6-7,14H2,1-3H3. The summed E-state index contributed by atoms with van der Waals surface area (Å²) in [5.74, 6) is 0. The molecule has 1 aromatic heterocycles. The number of hydrogen-bond donors (Lipinski definition) is 1. The van der Waals surface area contributed by atoms with Crippen molar-refractivity contribution in [3.05, 3.63) is 35.0 Å². The maximum Gasteiger partial charge on any atom is 0.0512 e. The van der Waals surface area contributed by atoms with Gasteiger partial charge in [0, 0.05) is 18.6 Å². The van der Waals surface area contributed by atoms with Crippen LogP contribution in [0.2, 0.25) is 0 Å². The van der Waals surface area contributed by atoms with E-state index in [0.717, 1.165) is 6.42 Å². The van der Waals surface area contributed by atoms with Gasteiger partial charge in [0.15, 0.2) is 0 Å². The summed E-state index contributed by atoms with van der Waals surface area (Å²) in [7, 11) is 2.11. The molecular weight excluding hydrogens is 184 g/mol. The van der Waals surface area contributed by atoms with Crippen LogP contribution in [0.1, 0.15) is 16.7 Å². The monoisotopic (exact) mass is 202 g/mol. The third kappa shape index (κ3) is 1.55. The van der Waals surface area contributed by atoms with E-state index in [0.29, 0.717) is 6.54 Å². The number of aromatic nitrogens is 1. The summed E-state index contributed by atoms with van der Waals surface area (Å²) in [4.78, 5) is 0.